The van der Waals surface area contributed by atoms with Gasteiger partial charge >= 0.3 is 0 Å². The van der Waals surface area contributed by atoms with Gasteiger partial charge in [0, 0.05) is 69.1 Å². The van der Waals surface area contributed by atoms with Gasteiger partial charge in [-0.25, -0.2) is 4.98 Å². The Morgan fingerprint density at radius 1 is 0.909 bits per heavy atom. The van der Waals surface area contributed by atoms with Crippen molar-refractivity contribution in [2.75, 3.05) is 55.8 Å². The fraction of sp³-hybridized carbons (Fsp3) is 0.462. The van der Waals surface area contributed by atoms with Crippen LogP contribution < -0.4 is 20.9 Å². The van der Waals surface area contributed by atoms with Gasteiger partial charge in [-0.1, -0.05) is 45.9 Å². The maximum atomic E-state index is 13.0. The van der Waals surface area contributed by atoms with Gasteiger partial charge in [-0.15, -0.1) is 10.2 Å². The van der Waals surface area contributed by atoms with E-state index in [1.807, 2.05) is 73.6 Å². The summed E-state index contributed by atoms with van der Waals surface area (Å²) in [5.74, 6) is -0.328. The van der Waals surface area contributed by atoms with Crippen LogP contribution >= 0.6 is 0 Å². The van der Waals surface area contributed by atoms with Gasteiger partial charge in [0.15, 0.2) is 11.5 Å². The Labute approximate surface area is 325 Å². The highest BCUT2D eigenvalue weighted by atomic mass is 16.2. The normalized spacial score (nSPS) is 16.3. The number of benzene rings is 1. The van der Waals surface area contributed by atoms with Crippen LogP contribution in [0.1, 0.15) is 91.8 Å². The van der Waals surface area contributed by atoms with Gasteiger partial charge in [-0.3, -0.25) is 19.1 Å². The summed E-state index contributed by atoms with van der Waals surface area (Å²) in [7, 11) is 16.9. The van der Waals surface area contributed by atoms with Crippen molar-refractivity contribution in [1.29, 1.82) is 0 Å². The quantitative estimate of drug-likeness (QED) is 0.210. The van der Waals surface area contributed by atoms with Crippen molar-refractivity contribution in [3.05, 3.63) is 71.4 Å². The van der Waals surface area contributed by atoms with E-state index in [9.17, 15) is 14.4 Å². The summed E-state index contributed by atoms with van der Waals surface area (Å²) in [6.45, 7) is 11.2. The second kappa shape index (κ2) is 16.6. The zero-order valence-corrected chi connectivity index (χ0v) is 32.6. The summed E-state index contributed by atoms with van der Waals surface area (Å²) >= 11 is 0. The van der Waals surface area contributed by atoms with Gasteiger partial charge in [-0.05, 0) is 49.2 Å². The zero-order valence-electron chi connectivity index (χ0n) is 32.6. The standard InChI is InChI=1S/C35H37B2N11O3.2C2H6/c1-38-33(50)30-26(15-29(43-44-30)42-32(49)20-11-12-20)40-24-8-5-7-22-23-16-39-48(27(23)19-45(2)31(22)24)21-17-47(18-21)35(36,37)28-10-6-9-25(41-28)34(51)46-13-3-4-14-46;2*1-2/h5-10,15-16,20-21H,3-4,11-14,17-19H2,1-2H3,(H,38,50)(H2,40,42,43,49);2*1-2H3. The zero-order chi connectivity index (χ0) is 39.4. The number of nitrogens with zero attached hydrogens (tertiary/aromatic N) is 8. The molecule has 0 spiro atoms. The van der Waals surface area contributed by atoms with E-state index >= 15 is 0 Å². The Morgan fingerprint density at radius 3 is 2.31 bits per heavy atom. The minimum atomic E-state index is -1.36. The Bertz CT molecular complexity index is 2040. The first-order valence-electron chi connectivity index (χ1n) is 19.3. The van der Waals surface area contributed by atoms with Gasteiger partial charge < -0.3 is 30.7 Å². The van der Waals surface area contributed by atoms with Crippen LogP contribution in [0.25, 0.3) is 11.1 Å². The molecule has 2 saturated heterocycles. The molecule has 3 aromatic heterocycles. The third-order valence-electron chi connectivity index (χ3n) is 10.2. The Kier molecular flexibility index (Phi) is 11.9. The van der Waals surface area contributed by atoms with Crippen molar-refractivity contribution in [2.45, 2.75) is 71.3 Å². The van der Waals surface area contributed by atoms with E-state index < -0.39 is 11.2 Å². The van der Waals surface area contributed by atoms with E-state index in [1.165, 1.54) is 7.05 Å². The number of hydrogen-bond donors (Lipinski definition) is 3. The molecule has 1 saturated carbocycles. The molecule has 284 valence electrons. The average Bonchev–Trinajstić information content (AvgIpc) is 3.75. The molecular formula is C39H49B2N11O3. The second-order valence-corrected chi connectivity index (χ2v) is 13.8. The number of amides is 3. The summed E-state index contributed by atoms with van der Waals surface area (Å²) in [5, 5.41) is 20.5. The van der Waals surface area contributed by atoms with E-state index in [1.54, 1.807) is 24.3 Å². The highest BCUT2D eigenvalue weighted by molar-refractivity contribution is 6.39. The number of carbonyl (C=O) groups excluding carboxylic acids is 3. The van der Waals surface area contributed by atoms with Gasteiger partial charge in [0.2, 0.25) is 5.91 Å². The molecule has 0 atom stereocenters. The molecule has 4 aliphatic rings. The number of carbonyl (C=O) groups is 3. The van der Waals surface area contributed by atoms with Crippen molar-refractivity contribution in [3.63, 3.8) is 0 Å². The summed E-state index contributed by atoms with van der Waals surface area (Å²) < 4.78 is 2.05. The van der Waals surface area contributed by atoms with Crippen molar-refractivity contribution in [3.8, 4) is 11.1 Å². The van der Waals surface area contributed by atoms with Crippen molar-refractivity contribution >= 4 is 56.3 Å². The number of fused-ring (bicyclic) bond motifs is 3. The molecule has 1 aliphatic carbocycles. The Hall–Kier alpha value is -5.24. The number of aromatic nitrogens is 5. The van der Waals surface area contributed by atoms with Crippen LogP contribution in [-0.2, 0) is 16.7 Å². The van der Waals surface area contributed by atoms with E-state index in [0.717, 1.165) is 67.0 Å². The lowest BCUT2D eigenvalue weighted by atomic mass is 9.57. The fourth-order valence-corrected chi connectivity index (χ4v) is 7.15. The number of para-hydroxylation sites is 1. The number of anilines is 4. The number of nitrogens with one attached hydrogen (secondary N) is 3. The lowest BCUT2D eigenvalue weighted by Crippen LogP contribution is -2.60. The van der Waals surface area contributed by atoms with E-state index in [4.69, 9.17) is 20.8 Å². The summed E-state index contributed by atoms with van der Waals surface area (Å²) in [4.78, 5) is 48.7. The molecule has 4 radical (unpaired) electrons. The van der Waals surface area contributed by atoms with Gasteiger partial charge in [0.25, 0.3) is 11.8 Å². The van der Waals surface area contributed by atoms with E-state index in [-0.39, 0.29) is 35.3 Å². The first-order valence-corrected chi connectivity index (χ1v) is 19.3. The smallest absolute Gasteiger partial charge is 0.273 e. The van der Waals surface area contributed by atoms with Crippen LogP contribution in [0, 0.1) is 5.92 Å². The number of rotatable bonds is 9. The number of hydrogen-bond acceptors (Lipinski definition) is 10. The van der Waals surface area contributed by atoms with Gasteiger partial charge in [-0.2, -0.15) is 5.10 Å². The first kappa shape index (κ1) is 39.5. The lowest BCUT2D eigenvalue weighted by Gasteiger charge is -2.50. The summed E-state index contributed by atoms with van der Waals surface area (Å²) in [6, 6.07) is 12.9. The Morgan fingerprint density at radius 2 is 1.62 bits per heavy atom. The summed E-state index contributed by atoms with van der Waals surface area (Å²) in [6.07, 6.45) is 5.60. The van der Waals surface area contributed by atoms with Crippen LogP contribution in [0.2, 0.25) is 0 Å². The molecule has 3 fully saturated rings. The fourth-order valence-electron chi connectivity index (χ4n) is 7.15. The highest BCUT2D eigenvalue weighted by Gasteiger charge is 2.41. The van der Waals surface area contributed by atoms with Crippen LogP contribution in [0.15, 0.2) is 48.7 Å². The lowest BCUT2D eigenvalue weighted by molar-refractivity contribution is -0.117. The molecule has 16 heteroatoms. The monoisotopic (exact) mass is 741 g/mol. The molecule has 55 heavy (non-hydrogen) atoms. The van der Waals surface area contributed by atoms with Crippen LogP contribution in [-0.4, -0.2) is 108 Å². The van der Waals surface area contributed by atoms with E-state index in [0.29, 0.717) is 36.7 Å². The molecule has 3 N–H and O–H groups in total. The average molecular weight is 742 g/mol. The van der Waals surface area contributed by atoms with Crippen LogP contribution in [0.3, 0.4) is 0 Å². The minimum Gasteiger partial charge on any atom is -0.366 e. The molecule has 0 unspecified atom stereocenters. The van der Waals surface area contributed by atoms with Crippen LogP contribution in [0.5, 0.6) is 0 Å². The molecule has 0 bridgehead atoms. The molecule has 8 rings (SSSR count). The maximum absolute atomic E-state index is 13.0. The highest BCUT2D eigenvalue weighted by Crippen LogP contribution is 2.45. The molecule has 3 aliphatic heterocycles. The number of likely N-dealkylation sites (tertiary alicyclic amines) is 2. The molecule has 14 nitrogen and oxygen atoms in total. The molecule has 1 aromatic carbocycles. The van der Waals surface area contributed by atoms with E-state index in [2.05, 4.69) is 36.0 Å². The Balaban J connectivity index is 0.00000125. The minimum absolute atomic E-state index is 0.00610. The predicted octanol–water partition coefficient (Wildman–Crippen LogP) is 4.43. The molecular weight excluding hydrogens is 692 g/mol. The maximum Gasteiger partial charge on any atom is 0.273 e. The van der Waals surface area contributed by atoms with Gasteiger partial charge in [0.1, 0.15) is 5.69 Å². The van der Waals surface area contributed by atoms with Crippen molar-refractivity contribution < 1.29 is 14.4 Å². The summed E-state index contributed by atoms with van der Waals surface area (Å²) in [5.41, 5.74) is 6.06. The van der Waals surface area contributed by atoms with Gasteiger partial charge in [0.05, 0.1) is 57.2 Å². The van der Waals surface area contributed by atoms with Crippen LogP contribution in [0.4, 0.5) is 22.9 Å². The predicted molar refractivity (Wildman–Crippen MR) is 216 cm³/mol. The van der Waals surface area contributed by atoms with Crippen molar-refractivity contribution in [1.82, 2.24) is 40.1 Å². The molecule has 4 aromatic rings. The topological polar surface area (TPSA) is 154 Å². The number of pyridine rings is 1. The first-order chi connectivity index (χ1) is 26.6. The third-order valence-corrected chi connectivity index (χ3v) is 10.2. The molecule has 3 amide bonds. The van der Waals surface area contributed by atoms with Crippen molar-refractivity contribution in [2.24, 2.45) is 5.92 Å². The molecule has 6 heterocycles. The largest absolute Gasteiger partial charge is 0.366 e. The SMILES string of the molecule is CC.CC.[B]C([B])(c1cccc(C(=O)N2CCCC2)n1)N1CC(n2ncc3c2CN(C)c2c(Nc4cc(NC(=O)C5CC5)nnc4C(=O)NC)cccc2-3)C1. The second-order valence-electron chi connectivity index (χ2n) is 13.8. The third kappa shape index (κ3) is 7.82.